The molecule has 0 aliphatic carbocycles. The van der Waals surface area contributed by atoms with Crippen molar-refractivity contribution in [3.05, 3.63) is 0 Å². The molecular weight excluding hydrogens is 264 g/mol. The van der Waals surface area contributed by atoms with Gasteiger partial charge >= 0.3 is 12.0 Å². The Hall–Kier alpha value is -1.83. The van der Waals surface area contributed by atoms with Gasteiger partial charge in [-0.15, -0.1) is 0 Å². The number of likely N-dealkylation sites (tertiary alicyclic amines) is 1. The Kier molecular flexibility index (Phi) is 5.32. The molecule has 1 fully saturated rings. The molecule has 3 unspecified atom stereocenters. The summed E-state index contributed by atoms with van der Waals surface area (Å²) >= 11 is 0. The lowest BCUT2D eigenvalue weighted by Crippen LogP contribution is -2.49. The van der Waals surface area contributed by atoms with Crippen molar-refractivity contribution < 1.29 is 19.5 Å². The number of nitrogens with one attached hydrogen (secondary N) is 1. The van der Waals surface area contributed by atoms with Crippen LogP contribution in [0.4, 0.5) is 4.79 Å². The van der Waals surface area contributed by atoms with Crippen molar-refractivity contribution in [3.8, 4) is 0 Å². The minimum atomic E-state index is -1.28. The maximum atomic E-state index is 12.0. The number of aliphatic carboxylic acids is 1. The predicted octanol–water partition coefficient (Wildman–Crippen LogP) is -1.09. The summed E-state index contributed by atoms with van der Waals surface area (Å²) in [5.41, 5.74) is 4.97. The molecule has 3 amide bonds. The lowest BCUT2D eigenvalue weighted by Gasteiger charge is -2.23. The minimum Gasteiger partial charge on any atom is -0.480 e. The van der Waals surface area contributed by atoms with Gasteiger partial charge in [-0.1, -0.05) is 6.92 Å². The number of carboxylic acid groups (broad SMARTS) is 1. The van der Waals surface area contributed by atoms with Crippen molar-refractivity contribution >= 4 is 17.9 Å². The normalized spacial score (nSPS) is 23.7. The number of amides is 3. The summed E-state index contributed by atoms with van der Waals surface area (Å²) in [5, 5.41) is 11.3. The van der Waals surface area contributed by atoms with E-state index in [1.807, 2.05) is 25.9 Å². The van der Waals surface area contributed by atoms with E-state index in [9.17, 15) is 14.4 Å². The number of primary amides is 1. The van der Waals surface area contributed by atoms with Crippen LogP contribution in [0, 0.1) is 5.92 Å². The molecule has 1 aliphatic heterocycles. The Balaban J connectivity index is 2.62. The van der Waals surface area contributed by atoms with E-state index in [1.165, 1.54) is 0 Å². The molecular formula is C12H22N4O4. The number of hydrogen-bond donors (Lipinski definition) is 3. The number of nitrogens with zero attached hydrogens (tertiary/aromatic N) is 2. The third kappa shape index (κ3) is 4.09. The number of carbonyl (C=O) groups is 3. The fraction of sp³-hybridized carbons (Fsp3) is 0.750. The number of likely N-dealkylation sites (N-methyl/N-ethyl adjacent to an activating group) is 1. The lowest BCUT2D eigenvalue weighted by molar-refractivity contribution is -0.140. The number of urea groups is 1. The van der Waals surface area contributed by atoms with E-state index < -0.39 is 30.4 Å². The molecule has 8 nitrogen and oxygen atoms in total. The second-order valence-electron chi connectivity index (χ2n) is 5.42. The number of rotatable bonds is 5. The molecule has 20 heavy (non-hydrogen) atoms. The number of carbonyl (C=O) groups excluding carboxylic acids is 2. The highest BCUT2D eigenvalue weighted by atomic mass is 16.4. The lowest BCUT2D eigenvalue weighted by atomic mass is 10.1. The number of carboxylic acids is 1. The van der Waals surface area contributed by atoms with E-state index in [-0.39, 0.29) is 6.04 Å². The van der Waals surface area contributed by atoms with Crippen LogP contribution in [0.25, 0.3) is 0 Å². The first-order chi connectivity index (χ1) is 9.22. The smallest absolute Gasteiger partial charge is 0.326 e. The monoisotopic (exact) mass is 286 g/mol. The molecule has 4 N–H and O–H groups in total. The fourth-order valence-corrected chi connectivity index (χ4v) is 2.43. The van der Waals surface area contributed by atoms with Gasteiger partial charge in [-0.05, 0) is 20.0 Å². The van der Waals surface area contributed by atoms with Crippen LogP contribution in [0.5, 0.6) is 0 Å². The average Bonchev–Trinajstić information content (AvgIpc) is 2.69. The second kappa shape index (κ2) is 6.56. The highest BCUT2D eigenvalue weighted by molar-refractivity contribution is 5.87. The van der Waals surface area contributed by atoms with Crippen molar-refractivity contribution in [1.82, 2.24) is 15.1 Å². The summed E-state index contributed by atoms with van der Waals surface area (Å²) in [4.78, 5) is 37.4. The van der Waals surface area contributed by atoms with Gasteiger partial charge in [0.1, 0.15) is 6.04 Å². The van der Waals surface area contributed by atoms with Gasteiger partial charge in [-0.25, -0.2) is 9.59 Å². The zero-order valence-electron chi connectivity index (χ0n) is 12.0. The van der Waals surface area contributed by atoms with Gasteiger partial charge in [0.15, 0.2) is 0 Å². The van der Waals surface area contributed by atoms with E-state index in [4.69, 9.17) is 10.8 Å². The standard InChI is InChI=1S/C12H22N4O4/c1-7-5-16(6-9(7)15(2)3)12(20)14-8(11(18)19)4-10(13)17/h7-9H,4-6H2,1-3H3,(H2,13,17)(H,14,20)(H,18,19). The molecule has 1 heterocycles. The van der Waals surface area contributed by atoms with Crippen LogP contribution in [0.15, 0.2) is 0 Å². The molecule has 1 saturated heterocycles. The minimum absolute atomic E-state index is 0.236. The Morgan fingerprint density at radius 2 is 2.00 bits per heavy atom. The van der Waals surface area contributed by atoms with E-state index in [0.29, 0.717) is 19.0 Å². The quantitative estimate of drug-likeness (QED) is 0.593. The molecule has 1 aliphatic rings. The zero-order chi connectivity index (χ0) is 15.4. The molecule has 0 bridgehead atoms. The summed E-state index contributed by atoms with van der Waals surface area (Å²) in [6.45, 7) is 3.12. The molecule has 0 radical (unpaired) electrons. The zero-order valence-corrected chi connectivity index (χ0v) is 12.0. The van der Waals surface area contributed by atoms with Crippen LogP contribution >= 0.6 is 0 Å². The number of hydrogen-bond acceptors (Lipinski definition) is 4. The highest BCUT2D eigenvalue weighted by Crippen LogP contribution is 2.19. The molecule has 8 heteroatoms. The fourth-order valence-electron chi connectivity index (χ4n) is 2.43. The summed E-state index contributed by atoms with van der Waals surface area (Å²) < 4.78 is 0. The Labute approximate surface area is 117 Å². The molecule has 0 saturated carbocycles. The van der Waals surface area contributed by atoms with Gasteiger partial charge in [0.25, 0.3) is 0 Å². The maximum absolute atomic E-state index is 12.0. The van der Waals surface area contributed by atoms with Gasteiger partial charge in [-0.3, -0.25) is 4.79 Å². The van der Waals surface area contributed by atoms with Gasteiger partial charge in [0, 0.05) is 19.1 Å². The van der Waals surface area contributed by atoms with Crippen molar-refractivity contribution in [2.75, 3.05) is 27.2 Å². The molecule has 1 rings (SSSR count). The number of nitrogens with two attached hydrogens (primary N) is 1. The Bertz CT molecular complexity index is 399. The van der Waals surface area contributed by atoms with Crippen molar-refractivity contribution in [2.45, 2.75) is 25.4 Å². The molecule has 0 aromatic rings. The van der Waals surface area contributed by atoms with Crippen LogP contribution in [0.1, 0.15) is 13.3 Å². The third-order valence-electron chi connectivity index (χ3n) is 3.52. The SMILES string of the molecule is CC1CN(C(=O)NC(CC(N)=O)C(=O)O)CC1N(C)C. The van der Waals surface area contributed by atoms with E-state index in [2.05, 4.69) is 5.32 Å². The highest BCUT2D eigenvalue weighted by Gasteiger charge is 2.35. The van der Waals surface area contributed by atoms with Crippen LogP contribution in [0.2, 0.25) is 0 Å². The van der Waals surface area contributed by atoms with Crippen LogP contribution in [0.3, 0.4) is 0 Å². The predicted molar refractivity (Wildman–Crippen MR) is 72.0 cm³/mol. The molecule has 0 aromatic carbocycles. The van der Waals surface area contributed by atoms with Gasteiger partial charge in [-0.2, -0.15) is 0 Å². The van der Waals surface area contributed by atoms with Crippen molar-refractivity contribution in [2.24, 2.45) is 11.7 Å². The van der Waals surface area contributed by atoms with E-state index in [0.717, 1.165) is 0 Å². The summed E-state index contributed by atoms with van der Waals surface area (Å²) in [7, 11) is 3.88. The molecule has 0 spiro atoms. The maximum Gasteiger partial charge on any atom is 0.326 e. The Morgan fingerprint density at radius 1 is 1.40 bits per heavy atom. The summed E-state index contributed by atoms with van der Waals surface area (Å²) in [5.74, 6) is -1.73. The van der Waals surface area contributed by atoms with Crippen LogP contribution < -0.4 is 11.1 Å². The first kappa shape index (κ1) is 16.2. The van der Waals surface area contributed by atoms with Crippen molar-refractivity contribution in [1.29, 1.82) is 0 Å². The average molecular weight is 286 g/mol. The topological polar surface area (TPSA) is 116 Å². The molecule has 114 valence electrons. The van der Waals surface area contributed by atoms with E-state index in [1.54, 1.807) is 4.90 Å². The summed E-state index contributed by atoms with van der Waals surface area (Å²) in [6, 6.07) is -1.52. The largest absolute Gasteiger partial charge is 0.480 e. The van der Waals surface area contributed by atoms with Crippen LogP contribution in [-0.2, 0) is 9.59 Å². The second-order valence-corrected chi connectivity index (χ2v) is 5.42. The summed E-state index contributed by atoms with van der Waals surface area (Å²) in [6.07, 6.45) is -0.415. The molecule has 0 aromatic heterocycles. The third-order valence-corrected chi connectivity index (χ3v) is 3.52. The van der Waals surface area contributed by atoms with Gasteiger partial charge in [0.2, 0.25) is 5.91 Å². The van der Waals surface area contributed by atoms with Crippen molar-refractivity contribution in [3.63, 3.8) is 0 Å². The van der Waals surface area contributed by atoms with Gasteiger partial charge < -0.3 is 26.0 Å². The Morgan fingerprint density at radius 3 is 2.40 bits per heavy atom. The molecule has 3 atom stereocenters. The van der Waals surface area contributed by atoms with E-state index >= 15 is 0 Å². The van der Waals surface area contributed by atoms with Crippen LogP contribution in [-0.4, -0.2) is 72.1 Å². The first-order valence-electron chi connectivity index (χ1n) is 6.45. The van der Waals surface area contributed by atoms with Gasteiger partial charge in [0.05, 0.1) is 6.42 Å². The first-order valence-corrected chi connectivity index (χ1v) is 6.45.